The average Bonchev–Trinajstić information content (AvgIpc) is 2.57. The van der Waals surface area contributed by atoms with Gasteiger partial charge in [0.15, 0.2) is 0 Å². The lowest BCUT2D eigenvalue weighted by atomic mass is 10.1. The van der Waals surface area contributed by atoms with E-state index in [9.17, 15) is 9.90 Å². The van der Waals surface area contributed by atoms with E-state index in [0.29, 0.717) is 24.6 Å². The lowest BCUT2D eigenvalue weighted by molar-refractivity contribution is -0.120. The third kappa shape index (κ3) is 6.38. The maximum Gasteiger partial charge on any atom is 0.224 e. The molecule has 1 atom stereocenters. The fourth-order valence-electron chi connectivity index (χ4n) is 2.40. The molecule has 0 aromatic heterocycles. The molecular formula is C20H25NO2S. The molecule has 4 heteroatoms. The van der Waals surface area contributed by atoms with Gasteiger partial charge in [-0.25, -0.2) is 0 Å². The van der Waals surface area contributed by atoms with Crippen molar-refractivity contribution in [3.05, 3.63) is 65.7 Å². The van der Waals surface area contributed by atoms with Gasteiger partial charge in [-0.3, -0.25) is 4.79 Å². The molecule has 0 radical (unpaired) electrons. The highest BCUT2D eigenvalue weighted by Gasteiger charge is 2.08. The molecule has 2 rings (SSSR count). The molecule has 2 aromatic rings. The van der Waals surface area contributed by atoms with E-state index < -0.39 is 6.10 Å². The number of nitrogens with one attached hydrogen (secondary N) is 1. The Bertz CT molecular complexity index is 626. The van der Waals surface area contributed by atoms with E-state index >= 15 is 0 Å². The Morgan fingerprint density at radius 1 is 1.08 bits per heavy atom. The van der Waals surface area contributed by atoms with Crippen LogP contribution >= 0.6 is 11.8 Å². The van der Waals surface area contributed by atoms with E-state index in [1.54, 1.807) is 0 Å². The highest BCUT2D eigenvalue weighted by atomic mass is 32.2. The van der Waals surface area contributed by atoms with Crippen molar-refractivity contribution in [2.75, 3.05) is 6.54 Å². The highest BCUT2D eigenvalue weighted by molar-refractivity contribution is 7.99. The second-order valence-electron chi connectivity index (χ2n) is 6.05. The molecule has 0 aliphatic carbocycles. The minimum Gasteiger partial charge on any atom is -0.388 e. The standard InChI is InChI=1S/C20H25NO2S/c1-15(2)24-18-10-8-16(9-11-18)14-20(23)21-13-12-19(22)17-6-4-3-5-7-17/h3-11,15,19,22H,12-14H2,1-2H3,(H,21,23)/t19-/m0/s1. The van der Waals surface area contributed by atoms with Crippen molar-refractivity contribution in [1.82, 2.24) is 5.32 Å². The number of thioether (sulfide) groups is 1. The molecule has 0 saturated heterocycles. The normalized spacial score (nSPS) is 12.2. The molecule has 0 aliphatic rings. The molecule has 24 heavy (non-hydrogen) atoms. The highest BCUT2D eigenvalue weighted by Crippen LogP contribution is 2.23. The van der Waals surface area contributed by atoms with Gasteiger partial charge in [0.1, 0.15) is 0 Å². The summed E-state index contributed by atoms with van der Waals surface area (Å²) in [5.41, 5.74) is 1.88. The van der Waals surface area contributed by atoms with Gasteiger partial charge in [-0.15, -0.1) is 11.8 Å². The molecular weight excluding hydrogens is 318 g/mol. The minimum atomic E-state index is -0.543. The van der Waals surface area contributed by atoms with Gasteiger partial charge < -0.3 is 10.4 Å². The topological polar surface area (TPSA) is 49.3 Å². The van der Waals surface area contributed by atoms with Crippen molar-refractivity contribution in [2.24, 2.45) is 0 Å². The van der Waals surface area contributed by atoms with Crippen molar-refractivity contribution < 1.29 is 9.90 Å². The smallest absolute Gasteiger partial charge is 0.224 e. The molecule has 0 saturated carbocycles. The van der Waals surface area contributed by atoms with Crippen LogP contribution in [0.2, 0.25) is 0 Å². The summed E-state index contributed by atoms with van der Waals surface area (Å²) in [4.78, 5) is 13.2. The van der Waals surface area contributed by atoms with Gasteiger partial charge in [-0.1, -0.05) is 56.3 Å². The molecule has 0 spiro atoms. The Kier molecular flexibility index (Phi) is 7.35. The van der Waals surface area contributed by atoms with Crippen LogP contribution < -0.4 is 5.32 Å². The molecule has 128 valence electrons. The van der Waals surface area contributed by atoms with Crippen LogP contribution in [0.1, 0.15) is 37.5 Å². The van der Waals surface area contributed by atoms with Crippen molar-refractivity contribution in [3.63, 3.8) is 0 Å². The third-order valence-electron chi connectivity index (χ3n) is 3.58. The largest absolute Gasteiger partial charge is 0.388 e. The van der Waals surface area contributed by atoms with E-state index in [1.807, 2.05) is 54.2 Å². The number of aliphatic hydroxyl groups excluding tert-OH is 1. The quantitative estimate of drug-likeness (QED) is 0.713. The summed E-state index contributed by atoms with van der Waals surface area (Å²) in [6, 6.07) is 17.6. The summed E-state index contributed by atoms with van der Waals surface area (Å²) in [6.07, 6.45) is 0.340. The van der Waals surface area contributed by atoms with Crippen molar-refractivity contribution >= 4 is 17.7 Å². The molecule has 2 aromatic carbocycles. The Morgan fingerprint density at radius 2 is 1.75 bits per heavy atom. The molecule has 2 N–H and O–H groups in total. The molecule has 0 aliphatic heterocycles. The number of benzene rings is 2. The summed E-state index contributed by atoms with van der Waals surface area (Å²) >= 11 is 1.81. The fraction of sp³-hybridized carbons (Fsp3) is 0.350. The number of aliphatic hydroxyl groups is 1. The summed E-state index contributed by atoms with van der Waals surface area (Å²) < 4.78 is 0. The van der Waals surface area contributed by atoms with Crippen LogP contribution in [0.3, 0.4) is 0 Å². The monoisotopic (exact) mass is 343 g/mol. The van der Waals surface area contributed by atoms with Crippen LogP contribution in [0.4, 0.5) is 0 Å². The van der Waals surface area contributed by atoms with E-state index in [4.69, 9.17) is 0 Å². The first-order chi connectivity index (χ1) is 11.5. The Balaban J connectivity index is 1.73. The van der Waals surface area contributed by atoms with E-state index in [1.165, 1.54) is 4.90 Å². The second kappa shape index (κ2) is 9.50. The zero-order valence-electron chi connectivity index (χ0n) is 14.2. The van der Waals surface area contributed by atoms with E-state index in [-0.39, 0.29) is 5.91 Å². The molecule has 0 unspecified atom stereocenters. The predicted molar refractivity (Wildman–Crippen MR) is 100 cm³/mol. The van der Waals surface area contributed by atoms with Gasteiger partial charge in [-0.2, -0.15) is 0 Å². The predicted octanol–water partition coefficient (Wildman–Crippen LogP) is 3.97. The Labute approximate surface area is 148 Å². The van der Waals surface area contributed by atoms with Crippen LogP contribution in [0.15, 0.2) is 59.5 Å². The fourth-order valence-corrected chi connectivity index (χ4v) is 3.23. The zero-order chi connectivity index (χ0) is 17.4. The number of hydrogen-bond donors (Lipinski definition) is 2. The lowest BCUT2D eigenvalue weighted by Crippen LogP contribution is -2.27. The van der Waals surface area contributed by atoms with Crippen molar-refractivity contribution in [3.8, 4) is 0 Å². The minimum absolute atomic E-state index is 0.0143. The second-order valence-corrected chi connectivity index (χ2v) is 7.70. The van der Waals surface area contributed by atoms with Crippen LogP contribution in [-0.2, 0) is 11.2 Å². The molecule has 0 bridgehead atoms. The maximum absolute atomic E-state index is 12.0. The summed E-state index contributed by atoms with van der Waals surface area (Å²) in [5.74, 6) is -0.0143. The van der Waals surface area contributed by atoms with Gasteiger partial charge in [0, 0.05) is 16.7 Å². The zero-order valence-corrected chi connectivity index (χ0v) is 15.1. The van der Waals surface area contributed by atoms with Gasteiger partial charge in [0.05, 0.1) is 12.5 Å². The number of rotatable bonds is 8. The maximum atomic E-state index is 12.0. The van der Waals surface area contributed by atoms with E-state index in [2.05, 4.69) is 31.3 Å². The number of carbonyl (C=O) groups excluding carboxylic acids is 1. The van der Waals surface area contributed by atoms with Crippen molar-refractivity contribution in [1.29, 1.82) is 0 Å². The SMILES string of the molecule is CC(C)Sc1ccc(CC(=O)NCC[C@H](O)c2ccccc2)cc1. The van der Waals surface area contributed by atoms with E-state index in [0.717, 1.165) is 11.1 Å². The first kappa shape index (κ1) is 18.6. The summed E-state index contributed by atoms with van der Waals surface area (Å²) in [5, 5.41) is 13.5. The van der Waals surface area contributed by atoms with Crippen LogP contribution in [0, 0.1) is 0 Å². The number of carbonyl (C=O) groups is 1. The van der Waals surface area contributed by atoms with Crippen molar-refractivity contribution in [2.45, 2.75) is 42.9 Å². The summed E-state index contributed by atoms with van der Waals surface area (Å²) in [6.45, 7) is 4.79. The number of amides is 1. The molecule has 3 nitrogen and oxygen atoms in total. The van der Waals surface area contributed by atoms with Gasteiger partial charge in [0.2, 0.25) is 5.91 Å². The van der Waals surface area contributed by atoms with Gasteiger partial charge in [-0.05, 0) is 29.7 Å². The Morgan fingerprint density at radius 3 is 2.38 bits per heavy atom. The third-order valence-corrected chi connectivity index (χ3v) is 4.60. The molecule has 1 amide bonds. The van der Waals surface area contributed by atoms with Gasteiger partial charge in [0.25, 0.3) is 0 Å². The average molecular weight is 343 g/mol. The van der Waals surface area contributed by atoms with Crippen LogP contribution in [-0.4, -0.2) is 22.8 Å². The van der Waals surface area contributed by atoms with Crippen LogP contribution in [0.5, 0.6) is 0 Å². The first-order valence-electron chi connectivity index (χ1n) is 8.30. The molecule has 0 heterocycles. The first-order valence-corrected chi connectivity index (χ1v) is 9.18. The lowest BCUT2D eigenvalue weighted by Gasteiger charge is -2.12. The van der Waals surface area contributed by atoms with Crippen LogP contribution in [0.25, 0.3) is 0 Å². The molecule has 0 fully saturated rings. The Hall–Kier alpha value is -1.78. The summed E-state index contributed by atoms with van der Waals surface area (Å²) in [7, 11) is 0. The van der Waals surface area contributed by atoms with Gasteiger partial charge >= 0.3 is 0 Å². The number of hydrogen-bond acceptors (Lipinski definition) is 3.